The van der Waals surface area contributed by atoms with Gasteiger partial charge in [-0.3, -0.25) is 4.68 Å². The molecule has 0 saturated carbocycles. The highest BCUT2D eigenvalue weighted by Gasteiger charge is 2.11. The molecule has 3 aromatic rings. The van der Waals surface area contributed by atoms with Crippen molar-refractivity contribution >= 4 is 5.69 Å². The van der Waals surface area contributed by atoms with E-state index in [2.05, 4.69) is 20.7 Å². The van der Waals surface area contributed by atoms with Crippen molar-refractivity contribution in [3.05, 3.63) is 54.6 Å². The molecule has 0 radical (unpaired) electrons. The zero-order valence-electron chi connectivity index (χ0n) is 11.4. The SMILES string of the molecule is C[C@@H](Nc1cnn(C)c1)c1cn(-c2ccccc2)nn1. The minimum absolute atomic E-state index is 0.0664. The lowest BCUT2D eigenvalue weighted by molar-refractivity contribution is 0.766. The average Bonchev–Trinajstić information content (AvgIpc) is 3.09. The van der Waals surface area contributed by atoms with Gasteiger partial charge in [-0.25, -0.2) is 4.68 Å². The van der Waals surface area contributed by atoms with Crippen molar-refractivity contribution in [2.75, 3.05) is 5.32 Å². The van der Waals surface area contributed by atoms with E-state index in [4.69, 9.17) is 0 Å². The van der Waals surface area contributed by atoms with Gasteiger partial charge in [-0.15, -0.1) is 5.10 Å². The van der Waals surface area contributed by atoms with Crippen LogP contribution in [0.4, 0.5) is 5.69 Å². The van der Waals surface area contributed by atoms with E-state index < -0.39 is 0 Å². The molecular formula is C14H16N6. The molecule has 0 fully saturated rings. The summed E-state index contributed by atoms with van der Waals surface area (Å²) in [5.41, 5.74) is 2.85. The number of hydrogen-bond donors (Lipinski definition) is 1. The quantitative estimate of drug-likeness (QED) is 0.787. The Morgan fingerprint density at radius 1 is 1.15 bits per heavy atom. The normalized spacial score (nSPS) is 12.3. The van der Waals surface area contributed by atoms with E-state index in [1.54, 1.807) is 15.6 Å². The lowest BCUT2D eigenvalue weighted by Gasteiger charge is -2.09. The number of hydrogen-bond acceptors (Lipinski definition) is 4. The smallest absolute Gasteiger partial charge is 0.105 e. The van der Waals surface area contributed by atoms with Gasteiger partial charge in [0, 0.05) is 13.2 Å². The van der Waals surface area contributed by atoms with E-state index >= 15 is 0 Å². The van der Waals surface area contributed by atoms with Crippen molar-refractivity contribution < 1.29 is 0 Å². The molecule has 2 heterocycles. The molecular weight excluding hydrogens is 252 g/mol. The molecule has 0 aliphatic rings. The van der Waals surface area contributed by atoms with Gasteiger partial charge in [-0.05, 0) is 19.1 Å². The molecule has 1 N–H and O–H groups in total. The number of anilines is 1. The highest BCUT2D eigenvalue weighted by atomic mass is 15.4. The number of aromatic nitrogens is 5. The Labute approximate surface area is 117 Å². The Kier molecular flexibility index (Phi) is 3.20. The van der Waals surface area contributed by atoms with Gasteiger partial charge in [0.2, 0.25) is 0 Å². The molecule has 2 aromatic heterocycles. The molecule has 1 atom stereocenters. The van der Waals surface area contributed by atoms with Gasteiger partial charge in [0.05, 0.1) is 29.8 Å². The fourth-order valence-electron chi connectivity index (χ4n) is 2.00. The molecule has 0 aliphatic carbocycles. The fourth-order valence-corrected chi connectivity index (χ4v) is 2.00. The third-order valence-corrected chi connectivity index (χ3v) is 3.06. The minimum atomic E-state index is 0.0664. The first-order valence-corrected chi connectivity index (χ1v) is 6.45. The summed E-state index contributed by atoms with van der Waals surface area (Å²) >= 11 is 0. The predicted molar refractivity (Wildman–Crippen MR) is 76.6 cm³/mol. The first-order chi connectivity index (χ1) is 9.72. The maximum Gasteiger partial charge on any atom is 0.105 e. The summed E-state index contributed by atoms with van der Waals surface area (Å²) in [6.07, 6.45) is 5.65. The van der Waals surface area contributed by atoms with Crippen molar-refractivity contribution in [2.45, 2.75) is 13.0 Å². The van der Waals surface area contributed by atoms with Gasteiger partial charge < -0.3 is 5.32 Å². The van der Waals surface area contributed by atoms with E-state index in [0.717, 1.165) is 17.1 Å². The maximum atomic E-state index is 4.22. The summed E-state index contributed by atoms with van der Waals surface area (Å²) in [5, 5.41) is 15.9. The van der Waals surface area contributed by atoms with Gasteiger partial charge in [0.1, 0.15) is 5.69 Å². The van der Waals surface area contributed by atoms with Crippen LogP contribution in [-0.4, -0.2) is 24.8 Å². The Hall–Kier alpha value is -2.63. The number of aryl methyl sites for hydroxylation is 1. The molecule has 1 aromatic carbocycles. The average molecular weight is 268 g/mol. The third-order valence-electron chi connectivity index (χ3n) is 3.06. The molecule has 0 bridgehead atoms. The Balaban J connectivity index is 1.76. The van der Waals surface area contributed by atoms with Gasteiger partial charge in [-0.1, -0.05) is 23.4 Å². The lowest BCUT2D eigenvalue weighted by atomic mass is 10.2. The highest BCUT2D eigenvalue weighted by molar-refractivity contribution is 5.40. The largest absolute Gasteiger partial charge is 0.374 e. The molecule has 0 saturated heterocycles. The second kappa shape index (κ2) is 5.16. The summed E-state index contributed by atoms with van der Waals surface area (Å²) in [4.78, 5) is 0. The standard InChI is InChI=1S/C14H16N6/c1-11(16-12-8-15-19(2)9-12)14-10-20(18-17-14)13-6-4-3-5-7-13/h3-11,16H,1-2H3/t11-/m1/s1. The van der Waals surface area contributed by atoms with Crippen LogP contribution in [0.15, 0.2) is 48.9 Å². The molecule has 0 unspecified atom stereocenters. The number of para-hydroxylation sites is 1. The van der Waals surface area contributed by atoms with E-state index in [0.29, 0.717) is 0 Å². The second-order valence-electron chi connectivity index (χ2n) is 4.69. The van der Waals surface area contributed by atoms with Crippen molar-refractivity contribution in [2.24, 2.45) is 7.05 Å². The third kappa shape index (κ3) is 2.54. The fraction of sp³-hybridized carbons (Fsp3) is 0.214. The van der Waals surface area contributed by atoms with Crippen LogP contribution >= 0.6 is 0 Å². The predicted octanol–water partition coefficient (Wildman–Crippen LogP) is 2.17. The zero-order chi connectivity index (χ0) is 13.9. The van der Waals surface area contributed by atoms with Crippen LogP contribution in [0.1, 0.15) is 18.7 Å². The van der Waals surface area contributed by atoms with E-state index in [9.17, 15) is 0 Å². The van der Waals surface area contributed by atoms with Crippen LogP contribution in [0.2, 0.25) is 0 Å². The minimum Gasteiger partial charge on any atom is -0.374 e. The molecule has 3 rings (SSSR count). The number of benzene rings is 1. The van der Waals surface area contributed by atoms with Gasteiger partial charge >= 0.3 is 0 Å². The topological polar surface area (TPSA) is 60.6 Å². The molecule has 0 spiro atoms. The van der Waals surface area contributed by atoms with Crippen molar-refractivity contribution in [1.29, 1.82) is 0 Å². The maximum absolute atomic E-state index is 4.22. The number of nitrogens with one attached hydrogen (secondary N) is 1. The van der Waals surface area contributed by atoms with Gasteiger partial charge in [0.15, 0.2) is 0 Å². The van der Waals surface area contributed by atoms with Gasteiger partial charge in [0.25, 0.3) is 0 Å². The molecule has 6 heteroatoms. The Morgan fingerprint density at radius 2 is 1.95 bits per heavy atom. The first kappa shape index (κ1) is 12.4. The molecule has 0 amide bonds. The van der Waals surface area contributed by atoms with Crippen molar-refractivity contribution in [1.82, 2.24) is 24.8 Å². The zero-order valence-corrected chi connectivity index (χ0v) is 11.4. The van der Waals surface area contributed by atoms with Crippen LogP contribution in [0.25, 0.3) is 5.69 Å². The summed E-state index contributed by atoms with van der Waals surface area (Å²) in [6.45, 7) is 2.05. The molecule has 6 nitrogen and oxygen atoms in total. The van der Waals surface area contributed by atoms with Crippen LogP contribution in [0, 0.1) is 0 Å². The van der Waals surface area contributed by atoms with Crippen LogP contribution in [0.3, 0.4) is 0 Å². The van der Waals surface area contributed by atoms with E-state index in [-0.39, 0.29) is 6.04 Å². The number of nitrogens with zero attached hydrogens (tertiary/aromatic N) is 5. The highest BCUT2D eigenvalue weighted by Crippen LogP contribution is 2.17. The Bertz CT molecular complexity index is 685. The van der Waals surface area contributed by atoms with Crippen LogP contribution in [-0.2, 0) is 7.05 Å². The second-order valence-corrected chi connectivity index (χ2v) is 4.69. The first-order valence-electron chi connectivity index (χ1n) is 6.45. The summed E-state index contributed by atoms with van der Waals surface area (Å²) in [7, 11) is 1.89. The molecule has 102 valence electrons. The number of rotatable bonds is 4. The van der Waals surface area contributed by atoms with Crippen LogP contribution < -0.4 is 5.32 Å². The Morgan fingerprint density at radius 3 is 2.65 bits per heavy atom. The molecule has 20 heavy (non-hydrogen) atoms. The lowest BCUT2D eigenvalue weighted by Crippen LogP contribution is -2.06. The molecule has 0 aliphatic heterocycles. The van der Waals surface area contributed by atoms with E-state index in [1.165, 1.54) is 0 Å². The van der Waals surface area contributed by atoms with Crippen molar-refractivity contribution in [3.63, 3.8) is 0 Å². The van der Waals surface area contributed by atoms with Crippen molar-refractivity contribution in [3.8, 4) is 5.69 Å². The van der Waals surface area contributed by atoms with Gasteiger partial charge in [-0.2, -0.15) is 5.10 Å². The summed E-state index contributed by atoms with van der Waals surface area (Å²) < 4.78 is 3.53. The summed E-state index contributed by atoms with van der Waals surface area (Å²) in [5.74, 6) is 0. The summed E-state index contributed by atoms with van der Waals surface area (Å²) in [6, 6.07) is 10.0. The monoisotopic (exact) mass is 268 g/mol. The van der Waals surface area contributed by atoms with E-state index in [1.807, 2.05) is 56.7 Å². The van der Waals surface area contributed by atoms with Crippen LogP contribution in [0.5, 0.6) is 0 Å².